The van der Waals surface area contributed by atoms with Crippen molar-refractivity contribution in [3.05, 3.63) is 29.8 Å². The zero-order valence-corrected chi connectivity index (χ0v) is 15.7. The molecule has 7 heteroatoms. The minimum Gasteiger partial charge on any atom is -0.491 e. The molecule has 1 aromatic carbocycles. The summed E-state index contributed by atoms with van der Waals surface area (Å²) in [6.07, 6.45) is 0.787. The fourth-order valence-corrected chi connectivity index (χ4v) is 1.83. The lowest BCUT2D eigenvalue weighted by Gasteiger charge is -2.19. The van der Waals surface area contributed by atoms with Gasteiger partial charge >= 0.3 is 5.97 Å². The Morgan fingerprint density at radius 3 is 1.96 bits per heavy atom. The highest BCUT2D eigenvalue weighted by Crippen LogP contribution is 2.10. The van der Waals surface area contributed by atoms with Gasteiger partial charge in [0.15, 0.2) is 0 Å². The van der Waals surface area contributed by atoms with Gasteiger partial charge in [-0.2, -0.15) is 0 Å². The molecule has 0 aromatic heterocycles. The van der Waals surface area contributed by atoms with E-state index in [0.717, 1.165) is 6.29 Å². The fourth-order valence-electron chi connectivity index (χ4n) is 1.83. The Kier molecular flexibility index (Phi) is 10.5. The van der Waals surface area contributed by atoms with E-state index in [9.17, 15) is 9.59 Å². The molecule has 0 aliphatic rings. The molecule has 0 amide bonds. The van der Waals surface area contributed by atoms with E-state index in [1.165, 1.54) is 0 Å². The van der Waals surface area contributed by atoms with Crippen molar-refractivity contribution in [3.8, 4) is 5.75 Å². The van der Waals surface area contributed by atoms with Crippen LogP contribution in [0.1, 0.15) is 31.1 Å². The molecule has 0 unspecified atom stereocenters. The highest BCUT2D eigenvalue weighted by atomic mass is 16.6. The molecule has 1 aromatic rings. The quantitative estimate of drug-likeness (QED) is 0.300. The summed E-state index contributed by atoms with van der Waals surface area (Å²) < 4.78 is 26.5. The van der Waals surface area contributed by atoms with Gasteiger partial charge in [0.05, 0.1) is 33.0 Å². The third-order valence-corrected chi connectivity index (χ3v) is 2.90. The number of esters is 1. The Bertz CT molecular complexity index is 520. The number of aldehydes is 1. The van der Waals surface area contributed by atoms with E-state index in [1.807, 2.05) is 20.8 Å². The van der Waals surface area contributed by atoms with Gasteiger partial charge < -0.3 is 23.7 Å². The smallest absolute Gasteiger partial charge is 0.332 e. The fraction of sp³-hybridized carbons (Fsp3) is 0.579. The zero-order valence-electron chi connectivity index (χ0n) is 15.7. The molecular weight excluding hydrogens is 340 g/mol. The molecule has 0 radical (unpaired) electrons. The van der Waals surface area contributed by atoms with Crippen molar-refractivity contribution in [1.82, 2.24) is 0 Å². The summed E-state index contributed by atoms with van der Waals surface area (Å²) in [5.74, 6) is 0.305. The van der Waals surface area contributed by atoms with Gasteiger partial charge in [-0.1, -0.05) is 0 Å². The molecule has 146 valence electrons. The van der Waals surface area contributed by atoms with E-state index in [-0.39, 0.29) is 12.6 Å². The van der Waals surface area contributed by atoms with Crippen LogP contribution in [0.15, 0.2) is 24.3 Å². The van der Waals surface area contributed by atoms with Crippen LogP contribution in [-0.2, 0) is 23.7 Å². The number of carbonyl (C=O) groups excluding carboxylic acids is 2. The largest absolute Gasteiger partial charge is 0.491 e. The van der Waals surface area contributed by atoms with Gasteiger partial charge in [-0.05, 0) is 45.0 Å². The van der Waals surface area contributed by atoms with Gasteiger partial charge in [0.1, 0.15) is 30.9 Å². The molecule has 0 spiro atoms. The summed E-state index contributed by atoms with van der Waals surface area (Å²) in [4.78, 5) is 21.9. The maximum atomic E-state index is 11.4. The highest BCUT2D eigenvalue weighted by Gasteiger charge is 2.15. The van der Waals surface area contributed by atoms with Crippen LogP contribution < -0.4 is 4.74 Å². The molecule has 0 heterocycles. The molecule has 7 nitrogen and oxygen atoms in total. The van der Waals surface area contributed by atoms with Gasteiger partial charge in [0.25, 0.3) is 0 Å². The van der Waals surface area contributed by atoms with Crippen molar-refractivity contribution in [1.29, 1.82) is 0 Å². The average molecular weight is 368 g/mol. The summed E-state index contributed by atoms with van der Waals surface area (Å²) in [7, 11) is 0. The SMILES string of the molecule is CC(C)(C)OC(=O)COCCOCCOCCOc1ccc(C=O)cc1. The van der Waals surface area contributed by atoms with Gasteiger partial charge in [0.2, 0.25) is 0 Å². The molecule has 0 atom stereocenters. The van der Waals surface area contributed by atoms with E-state index in [0.29, 0.717) is 51.0 Å². The first-order valence-corrected chi connectivity index (χ1v) is 8.54. The Balaban J connectivity index is 1.89. The topological polar surface area (TPSA) is 80.3 Å². The Labute approximate surface area is 154 Å². The second-order valence-corrected chi connectivity index (χ2v) is 6.40. The van der Waals surface area contributed by atoms with Crippen molar-refractivity contribution in [3.63, 3.8) is 0 Å². The van der Waals surface area contributed by atoms with Gasteiger partial charge in [0, 0.05) is 5.56 Å². The number of rotatable bonds is 13. The lowest BCUT2D eigenvalue weighted by atomic mass is 10.2. The predicted octanol–water partition coefficient (Wildman–Crippen LogP) is 2.27. The summed E-state index contributed by atoms with van der Waals surface area (Å²) >= 11 is 0. The minimum absolute atomic E-state index is 0.0811. The van der Waals surface area contributed by atoms with Gasteiger partial charge in [-0.3, -0.25) is 4.79 Å². The van der Waals surface area contributed by atoms with Crippen molar-refractivity contribution in [2.24, 2.45) is 0 Å². The van der Waals surface area contributed by atoms with E-state index in [4.69, 9.17) is 23.7 Å². The van der Waals surface area contributed by atoms with Crippen molar-refractivity contribution < 1.29 is 33.3 Å². The molecule has 0 saturated heterocycles. The standard InChI is InChI=1S/C19H28O7/c1-19(2,3)26-18(21)15-24-11-10-22-8-9-23-12-13-25-17-6-4-16(14-20)5-7-17/h4-7,14H,8-13,15H2,1-3H3. The third kappa shape index (κ3) is 11.6. The maximum Gasteiger partial charge on any atom is 0.332 e. The van der Waals surface area contributed by atoms with Crippen LogP contribution in [0, 0.1) is 0 Å². The number of carbonyl (C=O) groups is 2. The van der Waals surface area contributed by atoms with Crippen molar-refractivity contribution in [2.75, 3.05) is 46.2 Å². The molecule has 0 aliphatic carbocycles. The monoisotopic (exact) mass is 368 g/mol. The first-order chi connectivity index (χ1) is 12.4. The molecule has 26 heavy (non-hydrogen) atoms. The van der Waals surface area contributed by atoms with Crippen LogP contribution in [-0.4, -0.2) is 64.1 Å². The molecule has 0 N–H and O–H groups in total. The first kappa shape index (κ1) is 22.1. The second kappa shape index (κ2) is 12.4. The van der Waals surface area contributed by atoms with E-state index in [2.05, 4.69) is 0 Å². The normalized spacial score (nSPS) is 11.2. The van der Waals surface area contributed by atoms with Crippen LogP contribution in [0.5, 0.6) is 5.75 Å². The number of ether oxygens (including phenoxy) is 5. The van der Waals surface area contributed by atoms with Gasteiger partial charge in [-0.25, -0.2) is 4.79 Å². The maximum absolute atomic E-state index is 11.4. The van der Waals surface area contributed by atoms with Crippen molar-refractivity contribution in [2.45, 2.75) is 26.4 Å². The van der Waals surface area contributed by atoms with E-state index in [1.54, 1.807) is 24.3 Å². The third-order valence-electron chi connectivity index (χ3n) is 2.90. The second-order valence-electron chi connectivity index (χ2n) is 6.40. The summed E-state index contributed by atoms with van der Waals surface area (Å²) in [6, 6.07) is 6.87. The van der Waals surface area contributed by atoms with E-state index < -0.39 is 5.60 Å². The Hall–Kier alpha value is -1.96. The summed E-state index contributed by atoms with van der Waals surface area (Å²) in [5, 5.41) is 0. The number of hydrogen-bond acceptors (Lipinski definition) is 7. The molecule has 0 aliphatic heterocycles. The molecular formula is C19H28O7. The molecule has 0 saturated carbocycles. The Morgan fingerprint density at radius 1 is 0.885 bits per heavy atom. The van der Waals surface area contributed by atoms with Crippen LogP contribution in [0.2, 0.25) is 0 Å². The molecule has 1 rings (SSSR count). The Morgan fingerprint density at radius 2 is 1.42 bits per heavy atom. The first-order valence-electron chi connectivity index (χ1n) is 8.54. The predicted molar refractivity (Wildman–Crippen MR) is 95.6 cm³/mol. The minimum atomic E-state index is -0.503. The summed E-state index contributed by atoms with van der Waals surface area (Å²) in [6.45, 7) is 7.77. The lowest BCUT2D eigenvalue weighted by Crippen LogP contribution is -2.27. The van der Waals surface area contributed by atoms with Crippen LogP contribution in [0.3, 0.4) is 0 Å². The average Bonchev–Trinajstić information content (AvgIpc) is 2.58. The van der Waals surface area contributed by atoms with Crippen LogP contribution >= 0.6 is 0 Å². The lowest BCUT2D eigenvalue weighted by molar-refractivity contribution is -0.160. The van der Waals surface area contributed by atoms with Crippen LogP contribution in [0.25, 0.3) is 0 Å². The molecule has 0 bridgehead atoms. The summed E-state index contributed by atoms with van der Waals surface area (Å²) in [5.41, 5.74) is 0.109. The van der Waals surface area contributed by atoms with E-state index >= 15 is 0 Å². The van der Waals surface area contributed by atoms with Gasteiger partial charge in [-0.15, -0.1) is 0 Å². The van der Waals surface area contributed by atoms with Crippen LogP contribution in [0.4, 0.5) is 0 Å². The molecule has 0 fully saturated rings. The zero-order chi connectivity index (χ0) is 19.3. The highest BCUT2D eigenvalue weighted by molar-refractivity contribution is 5.74. The number of hydrogen-bond donors (Lipinski definition) is 0. The van der Waals surface area contributed by atoms with Crippen molar-refractivity contribution >= 4 is 12.3 Å². The number of benzene rings is 1.